The number of hydrogen-bond donors (Lipinski definition) is 1. The first-order chi connectivity index (χ1) is 8.70. The lowest BCUT2D eigenvalue weighted by molar-refractivity contribution is -0.0223. The minimum absolute atomic E-state index is 0.243. The summed E-state index contributed by atoms with van der Waals surface area (Å²) in [6.07, 6.45) is -1.16. The lowest BCUT2D eigenvalue weighted by Gasteiger charge is -2.38. The van der Waals surface area contributed by atoms with Crippen molar-refractivity contribution in [2.75, 3.05) is 33.4 Å². The van der Waals surface area contributed by atoms with Gasteiger partial charge in [-0.15, -0.1) is 0 Å². The molecule has 0 aliphatic carbocycles. The van der Waals surface area contributed by atoms with Gasteiger partial charge in [0.05, 0.1) is 13.2 Å². The summed E-state index contributed by atoms with van der Waals surface area (Å²) in [6, 6.07) is 9.71. The van der Waals surface area contributed by atoms with Gasteiger partial charge in [-0.25, -0.2) is 4.79 Å². The van der Waals surface area contributed by atoms with Crippen molar-refractivity contribution in [2.45, 2.75) is 6.17 Å². The van der Waals surface area contributed by atoms with Crippen LogP contribution in [0.2, 0.25) is 0 Å². The van der Waals surface area contributed by atoms with Crippen molar-refractivity contribution in [2.24, 2.45) is 0 Å². The van der Waals surface area contributed by atoms with Gasteiger partial charge in [0.15, 0.2) is 0 Å². The monoisotopic (exact) mass is 250 g/mol. The molecule has 1 atom stereocenters. The van der Waals surface area contributed by atoms with Crippen molar-refractivity contribution in [3.05, 3.63) is 35.9 Å². The summed E-state index contributed by atoms with van der Waals surface area (Å²) in [5, 5.41) is 9.21. The van der Waals surface area contributed by atoms with Crippen molar-refractivity contribution in [1.82, 2.24) is 9.80 Å². The van der Waals surface area contributed by atoms with E-state index in [1.807, 2.05) is 30.3 Å². The van der Waals surface area contributed by atoms with Gasteiger partial charge in [0, 0.05) is 20.1 Å². The van der Waals surface area contributed by atoms with Crippen LogP contribution in [0, 0.1) is 0 Å². The van der Waals surface area contributed by atoms with Crippen LogP contribution in [0.1, 0.15) is 11.7 Å². The van der Waals surface area contributed by atoms with E-state index < -0.39 is 6.09 Å². The molecule has 1 saturated heterocycles. The molecule has 1 aromatic carbocycles. The van der Waals surface area contributed by atoms with Crippen LogP contribution in [0.3, 0.4) is 0 Å². The molecular weight excluding hydrogens is 232 g/mol. The Labute approximate surface area is 107 Å². The molecule has 0 aromatic heterocycles. The topological polar surface area (TPSA) is 53.0 Å². The third-order valence-corrected chi connectivity index (χ3v) is 3.16. The fourth-order valence-corrected chi connectivity index (χ4v) is 2.23. The number of carbonyl (C=O) groups is 1. The zero-order chi connectivity index (χ0) is 13.0. The largest absolute Gasteiger partial charge is 0.465 e. The highest BCUT2D eigenvalue weighted by Crippen LogP contribution is 2.24. The van der Waals surface area contributed by atoms with Gasteiger partial charge in [0.2, 0.25) is 0 Å². The molecule has 5 nitrogen and oxygen atoms in total. The highest BCUT2D eigenvalue weighted by atomic mass is 16.5. The summed E-state index contributed by atoms with van der Waals surface area (Å²) in [5.41, 5.74) is 0.990. The minimum Gasteiger partial charge on any atom is -0.465 e. The van der Waals surface area contributed by atoms with E-state index in [0.29, 0.717) is 13.2 Å². The van der Waals surface area contributed by atoms with Crippen molar-refractivity contribution in [3.63, 3.8) is 0 Å². The number of benzene rings is 1. The van der Waals surface area contributed by atoms with Crippen molar-refractivity contribution >= 4 is 6.09 Å². The first-order valence-electron chi connectivity index (χ1n) is 6.02. The molecule has 98 valence electrons. The third-order valence-electron chi connectivity index (χ3n) is 3.16. The van der Waals surface area contributed by atoms with Crippen LogP contribution in [0.15, 0.2) is 30.3 Å². The summed E-state index contributed by atoms with van der Waals surface area (Å²) in [4.78, 5) is 14.7. The fraction of sp³-hybridized carbons (Fsp3) is 0.462. The molecule has 1 amide bonds. The lowest BCUT2D eigenvalue weighted by atomic mass is 10.1. The van der Waals surface area contributed by atoms with Gasteiger partial charge in [0.1, 0.15) is 6.17 Å². The lowest BCUT2D eigenvalue weighted by Crippen LogP contribution is -2.46. The summed E-state index contributed by atoms with van der Waals surface area (Å²) < 4.78 is 5.32. The summed E-state index contributed by atoms with van der Waals surface area (Å²) in [5.74, 6) is 0. The van der Waals surface area contributed by atoms with Crippen LogP contribution in [-0.4, -0.2) is 54.4 Å². The first kappa shape index (κ1) is 12.9. The van der Waals surface area contributed by atoms with E-state index in [2.05, 4.69) is 4.90 Å². The van der Waals surface area contributed by atoms with Crippen LogP contribution in [0.5, 0.6) is 0 Å². The van der Waals surface area contributed by atoms with E-state index in [1.165, 1.54) is 4.90 Å². The average Bonchev–Trinajstić information content (AvgIpc) is 2.41. The summed E-state index contributed by atoms with van der Waals surface area (Å²) >= 11 is 0. The molecule has 0 bridgehead atoms. The Morgan fingerprint density at radius 3 is 2.50 bits per heavy atom. The predicted octanol–water partition coefficient (Wildman–Crippen LogP) is 1.63. The van der Waals surface area contributed by atoms with Gasteiger partial charge in [-0.2, -0.15) is 0 Å². The Hall–Kier alpha value is -1.59. The molecule has 1 unspecified atom stereocenters. The van der Waals surface area contributed by atoms with Gasteiger partial charge in [-0.3, -0.25) is 9.80 Å². The van der Waals surface area contributed by atoms with Gasteiger partial charge in [-0.1, -0.05) is 30.3 Å². The molecule has 1 aromatic rings. The number of nitrogens with zero attached hydrogens (tertiary/aromatic N) is 2. The second-order valence-electron chi connectivity index (χ2n) is 4.33. The summed E-state index contributed by atoms with van der Waals surface area (Å²) in [6.45, 7) is 2.79. The van der Waals surface area contributed by atoms with E-state index in [0.717, 1.165) is 18.7 Å². The van der Waals surface area contributed by atoms with Gasteiger partial charge in [-0.05, 0) is 5.56 Å². The fourth-order valence-electron chi connectivity index (χ4n) is 2.23. The Balaban J connectivity index is 2.25. The van der Waals surface area contributed by atoms with Gasteiger partial charge in [0.25, 0.3) is 0 Å². The Kier molecular flexibility index (Phi) is 4.17. The van der Waals surface area contributed by atoms with Crippen LogP contribution < -0.4 is 0 Å². The molecule has 1 heterocycles. The third kappa shape index (κ3) is 2.80. The maximum atomic E-state index is 11.2. The second-order valence-corrected chi connectivity index (χ2v) is 4.33. The van der Waals surface area contributed by atoms with Gasteiger partial charge >= 0.3 is 6.09 Å². The smallest absolute Gasteiger partial charge is 0.408 e. The normalized spacial score (nSPS) is 18.3. The van der Waals surface area contributed by atoms with Gasteiger partial charge < -0.3 is 9.84 Å². The van der Waals surface area contributed by atoms with E-state index in [4.69, 9.17) is 4.74 Å². The molecule has 18 heavy (non-hydrogen) atoms. The molecule has 1 aliphatic heterocycles. The van der Waals surface area contributed by atoms with Crippen LogP contribution in [-0.2, 0) is 4.74 Å². The highest BCUT2D eigenvalue weighted by Gasteiger charge is 2.28. The molecule has 0 saturated carbocycles. The quantitative estimate of drug-likeness (QED) is 0.885. The Bertz CT molecular complexity index is 390. The van der Waals surface area contributed by atoms with E-state index in [1.54, 1.807) is 7.05 Å². The van der Waals surface area contributed by atoms with Crippen LogP contribution in [0.25, 0.3) is 0 Å². The number of ether oxygens (including phenoxy) is 1. The molecule has 2 rings (SSSR count). The average molecular weight is 250 g/mol. The Morgan fingerprint density at radius 2 is 1.94 bits per heavy atom. The number of rotatable bonds is 3. The van der Waals surface area contributed by atoms with E-state index in [-0.39, 0.29) is 6.17 Å². The zero-order valence-corrected chi connectivity index (χ0v) is 10.5. The molecule has 0 radical (unpaired) electrons. The first-order valence-corrected chi connectivity index (χ1v) is 6.02. The highest BCUT2D eigenvalue weighted by molar-refractivity contribution is 5.65. The van der Waals surface area contributed by atoms with Crippen LogP contribution in [0.4, 0.5) is 4.79 Å². The SMILES string of the molecule is CN(C(=O)O)C(c1ccccc1)N1CCOCC1. The zero-order valence-electron chi connectivity index (χ0n) is 10.5. The Morgan fingerprint density at radius 1 is 1.33 bits per heavy atom. The van der Waals surface area contributed by atoms with Crippen molar-refractivity contribution < 1.29 is 14.6 Å². The molecule has 0 spiro atoms. The molecule has 1 fully saturated rings. The maximum absolute atomic E-state index is 11.2. The number of amides is 1. The number of morpholine rings is 1. The minimum atomic E-state index is -0.921. The van der Waals surface area contributed by atoms with E-state index >= 15 is 0 Å². The summed E-state index contributed by atoms with van der Waals surface area (Å²) in [7, 11) is 1.61. The van der Waals surface area contributed by atoms with Crippen LogP contribution >= 0.6 is 0 Å². The molecule has 1 N–H and O–H groups in total. The van der Waals surface area contributed by atoms with Crippen molar-refractivity contribution in [1.29, 1.82) is 0 Å². The predicted molar refractivity (Wildman–Crippen MR) is 67.4 cm³/mol. The second kappa shape index (κ2) is 5.84. The number of hydrogen-bond acceptors (Lipinski definition) is 3. The molecule has 5 heteroatoms. The molecular formula is C13H18N2O3. The van der Waals surface area contributed by atoms with E-state index in [9.17, 15) is 9.90 Å². The standard InChI is InChI=1S/C13H18N2O3/c1-14(13(16)17)12(11-5-3-2-4-6-11)15-7-9-18-10-8-15/h2-6,12H,7-10H2,1H3,(H,16,17). The van der Waals surface area contributed by atoms with Crippen molar-refractivity contribution in [3.8, 4) is 0 Å². The number of carboxylic acid groups (broad SMARTS) is 1. The maximum Gasteiger partial charge on any atom is 0.408 e. The molecule has 1 aliphatic rings.